The van der Waals surface area contributed by atoms with Crippen LogP contribution in [-0.4, -0.2) is 34.2 Å². The summed E-state index contributed by atoms with van der Waals surface area (Å²) in [6.07, 6.45) is -0.0702. The highest BCUT2D eigenvalue weighted by Gasteiger charge is 2.24. The fourth-order valence-corrected chi connectivity index (χ4v) is 4.89. The number of carbonyl (C=O) groups is 1. The SMILES string of the molecule is O=C(O)CCSc1nc2ccccc2n1S(=O)(=O)c1ccccc1. The Balaban J connectivity index is 2.13. The van der Waals surface area contributed by atoms with E-state index < -0.39 is 16.0 Å². The molecule has 24 heavy (non-hydrogen) atoms. The lowest BCUT2D eigenvalue weighted by molar-refractivity contribution is -0.136. The van der Waals surface area contributed by atoms with Gasteiger partial charge in [0.05, 0.1) is 22.3 Å². The van der Waals surface area contributed by atoms with Crippen LogP contribution in [0.4, 0.5) is 0 Å². The molecule has 8 heteroatoms. The van der Waals surface area contributed by atoms with E-state index in [4.69, 9.17) is 5.11 Å². The first kappa shape index (κ1) is 16.5. The number of imidazole rings is 1. The van der Waals surface area contributed by atoms with Crippen molar-refractivity contribution in [3.05, 3.63) is 54.6 Å². The van der Waals surface area contributed by atoms with Gasteiger partial charge in [0.1, 0.15) is 0 Å². The Morgan fingerprint density at radius 1 is 1.08 bits per heavy atom. The molecule has 2 aromatic carbocycles. The number of aromatic nitrogens is 2. The minimum absolute atomic E-state index is 0.0702. The van der Waals surface area contributed by atoms with Crippen LogP contribution in [0.15, 0.2) is 64.6 Å². The quantitative estimate of drug-likeness (QED) is 0.678. The minimum atomic E-state index is -3.82. The average molecular weight is 362 g/mol. The van der Waals surface area contributed by atoms with E-state index in [1.165, 1.54) is 16.1 Å². The smallest absolute Gasteiger partial charge is 0.304 e. The number of aliphatic carboxylic acids is 1. The number of carboxylic acids is 1. The molecule has 0 saturated carbocycles. The highest BCUT2D eigenvalue weighted by atomic mass is 32.2. The lowest BCUT2D eigenvalue weighted by atomic mass is 10.3. The van der Waals surface area contributed by atoms with Crippen LogP contribution in [0.25, 0.3) is 11.0 Å². The van der Waals surface area contributed by atoms with Gasteiger partial charge in [0.15, 0.2) is 5.16 Å². The minimum Gasteiger partial charge on any atom is -0.481 e. The molecule has 6 nitrogen and oxygen atoms in total. The molecular weight excluding hydrogens is 348 g/mol. The van der Waals surface area contributed by atoms with Gasteiger partial charge < -0.3 is 5.11 Å². The van der Waals surface area contributed by atoms with Crippen molar-refractivity contribution in [2.45, 2.75) is 16.5 Å². The molecule has 0 radical (unpaired) electrons. The summed E-state index contributed by atoms with van der Waals surface area (Å²) in [6.45, 7) is 0. The Kier molecular flexibility index (Phi) is 4.59. The molecule has 0 unspecified atom stereocenters. The summed E-state index contributed by atoms with van der Waals surface area (Å²) < 4.78 is 27.2. The zero-order valence-corrected chi connectivity index (χ0v) is 14.1. The molecule has 0 aliphatic heterocycles. The van der Waals surface area contributed by atoms with Gasteiger partial charge in [0.2, 0.25) is 0 Å². The average Bonchev–Trinajstić information content (AvgIpc) is 2.94. The van der Waals surface area contributed by atoms with Crippen molar-refractivity contribution in [1.29, 1.82) is 0 Å². The highest BCUT2D eigenvalue weighted by molar-refractivity contribution is 8.00. The fraction of sp³-hybridized carbons (Fsp3) is 0.125. The van der Waals surface area contributed by atoms with Gasteiger partial charge in [0, 0.05) is 5.75 Å². The lowest BCUT2D eigenvalue weighted by Gasteiger charge is -2.09. The number of nitrogens with zero attached hydrogens (tertiary/aromatic N) is 2. The Morgan fingerprint density at radius 3 is 2.46 bits per heavy atom. The number of hydrogen-bond donors (Lipinski definition) is 1. The van der Waals surface area contributed by atoms with Crippen LogP contribution in [0.3, 0.4) is 0 Å². The van der Waals surface area contributed by atoms with Gasteiger partial charge in [-0.05, 0) is 24.3 Å². The van der Waals surface area contributed by atoms with Gasteiger partial charge >= 0.3 is 5.97 Å². The number of fused-ring (bicyclic) bond motifs is 1. The molecule has 124 valence electrons. The molecule has 0 saturated heterocycles. The second-order valence-corrected chi connectivity index (χ2v) is 7.81. The van der Waals surface area contributed by atoms with Crippen LogP contribution >= 0.6 is 11.8 Å². The van der Waals surface area contributed by atoms with Crippen LogP contribution in [0.1, 0.15) is 6.42 Å². The maximum absolute atomic E-state index is 13.0. The molecule has 0 spiro atoms. The first-order valence-electron chi connectivity index (χ1n) is 7.13. The molecular formula is C16H14N2O4S2. The first-order chi connectivity index (χ1) is 11.5. The summed E-state index contributed by atoms with van der Waals surface area (Å²) >= 11 is 1.11. The maximum Gasteiger partial charge on any atom is 0.304 e. The molecule has 3 aromatic rings. The summed E-state index contributed by atoms with van der Waals surface area (Å²) in [7, 11) is -3.82. The Morgan fingerprint density at radius 2 is 1.75 bits per heavy atom. The molecule has 1 N–H and O–H groups in total. The number of thioether (sulfide) groups is 1. The van der Waals surface area contributed by atoms with Gasteiger partial charge in [-0.15, -0.1) is 0 Å². The maximum atomic E-state index is 13.0. The predicted molar refractivity (Wildman–Crippen MR) is 91.7 cm³/mol. The van der Waals surface area contributed by atoms with Gasteiger partial charge in [-0.25, -0.2) is 17.4 Å². The third kappa shape index (κ3) is 3.15. The van der Waals surface area contributed by atoms with Crippen molar-refractivity contribution in [2.75, 3.05) is 5.75 Å². The van der Waals surface area contributed by atoms with E-state index in [2.05, 4.69) is 4.98 Å². The third-order valence-electron chi connectivity index (χ3n) is 3.32. The van der Waals surface area contributed by atoms with Gasteiger partial charge in [0.25, 0.3) is 10.0 Å². The molecule has 0 bridgehead atoms. The second-order valence-electron chi connectivity index (χ2n) is 4.96. The van der Waals surface area contributed by atoms with Crippen LogP contribution in [0.2, 0.25) is 0 Å². The summed E-state index contributed by atoms with van der Waals surface area (Å²) in [5.74, 6) is -0.695. The Hall–Kier alpha value is -2.32. The molecule has 0 amide bonds. The van der Waals surface area contributed by atoms with E-state index in [9.17, 15) is 13.2 Å². The number of para-hydroxylation sites is 2. The highest BCUT2D eigenvalue weighted by Crippen LogP contribution is 2.29. The second kappa shape index (κ2) is 6.66. The summed E-state index contributed by atoms with van der Waals surface area (Å²) in [4.78, 5) is 15.2. The van der Waals surface area contributed by atoms with Crippen molar-refractivity contribution in [1.82, 2.24) is 8.96 Å². The number of benzene rings is 2. The van der Waals surface area contributed by atoms with E-state index in [1.807, 2.05) is 0 Å². The van der Waals surface area contributed by atoms with Crippen molar-refractivity contribution in [3.8, 4) is 0 Å². The van der Waals surface area contributed by atoms with Gasteiger partial charge in [-0.1, -0.05) is 42.1 Å². The van der Waals surface area contributed by atoms with Gasteiger partial charge in [-0.2, -0.15) is 0 Å². The summed E-state index contributed by atoms with van der Waals surface area (Å²) in [6, 6.07) is 15.0. The largest absolute Gasteiger partial charge is 0.481 e. The topological polar surface area (TPSA) is 89.3 Å². The summed E-state index contributed by atoms with van der Waals surface area (Å²) in [5.41, 5.74) is 1.02. The standard InChI is InChI=1S/C16H14N2O4S2/c19-15(20)10-11-23-16-17-13-8-4-5-9-14(13)18(16)24(21,22)12-6-2-1-3-7-12/h1-9H,10-11H2,(H,19,20). The van der Waals surface area contributed by atoms with Crippen molar-refractivity contribution >= 4 is 38.8 Å². The van der Waals surface area contributed by atoms with E-state index in [0.717, 1.165) is 11.8 Å². The lowest BCUT2D eigenvalue weighted by Crippen LogP contribution is -2.14. The number of carboxylic acid groups (broad SMARTS) is 1. The first-order valence-corrected chi connectivity index (χ1v) is 9.55. The molecule has 0 atom stereocenters. The van der Waals surface area contributed by atoms with E-state index in [-0.39, 0.29) is 22.2 Å². The summed E-state index contributed by atoms with van der Waals surface area (Å²) in [5, 5.41) is 9.04. The molecule has 0 aliphatic carbocycles. The zero-order chi connectivity index (χ0) is 17.2. The normalized spacial score (nSPS) is 11.7. The molecule has 0 aliphatic rings. The third-order valence-corrected chi connectivity index (χ3v) is 6.09. The van der Waals surface area contributed by atoms with Crippen LogP contribution < -0.4 is 0 Å². The van der Waals surface area contributed by atoms with Gasteiger partial charge in [-0.3, -0.25) is 4.79 Å². The number of hydrogen-bond acceptors (Lipinski definition) is 5. The van der Waals surface area contributed by atoms with Crippen LogP contribution in [0.5, 0.6) is 0 Å². The zero-order valence-electron chi connectivity index (χ0n) is 12.5. The van der Waals surface area contributed by atoms with E-state index >= 15 is 0 Å². The Labute approximate surface area is 143 Å². The van der Waals surface area contributed by atoms with E-state index in [0.29, 0.717) is 11.0 Å². The molecule has 1 aromatic heterocycles. The van der Waals surface area contributed by atoms with Crippen LogP contribution in [-0.2, 0) is 14.8 Å². The molecule has 0 fully saturated rings. The van der Waals surface area contributed by atoms with Crippen molar-refractivity contribution in [3.63, 3.8) is 0 Å². The fourth-order valence-electron chi connectivity index (χ4n) is 2.23. The molecule has 1 heterocycles. The molecule has 3 rings (SSSR count). The van der Waals surface area contributed by atoms with Crippen molar-refractivity contribution < 1.29 is 18.3 Å². The van der Waals surface area contributed by atoms with Crippen molar-refractivity contribution in [2.24, 2.45) is 0 Å². The number of rotatable bonds is 6. The monoisotopic (exact) mass is 362 g/mol. The Bertz CT molecular complexity index is 982. The van der Waals surface area contributed by atoms with E-state index in [1.54, 1.807) is 42.5 Å². The van der Waals surface area contributed by atoms with Crippen LogP contribution in [0, 0.1) is 0 Å². The predicted octanol–water partition coefficient (Wildman–Crippen LogP) is 2.84.